The Morgan fingerprint density at radius 3 is 2.74 bits per heavy atom. The number of thiophene rings is 1. The predicted molar refractivity (Wildman–Crippen MR) is 97.5 cm³/mol. The summed E-state index contributed by atoms with van der Waals surface area (Å²) in [6, 6.07) is 11.2. The first-order valence-corrected chi connectivity index (χ1v) is 11.0. The summed E-state index contributed by atoms with van der Waals surface area (Å²) in [7, 11) is -3.46. The molecule has 1 unspecified atom stereocenters. The molecule has 0 amide bonds. The summed E-state index contributed by atoms with van der Waals surface area (Å²) in [5.41, 5.74) is 0.940. The molecule has 1 fully saturated rings. The maximum absolute atomic E-state index is 12.9. The molecule has 1 saturated heterocycles. The first-order chi connectivity index (χ1) is 11.1. The van der Waals surface area contributed by atoms with E-state index in [2.05, 4.69) is 20.9 Å². The largest absolute Gasteiger partial charge is 0.253 e. The summed E-state index contributed by atoms with van der Waals surface area (Å²) < 4.78 is 29.8. The third-order valence-electron chi connectivity index (χ3n) is 3.91. The van der Waals surface area contributed by atoms with Gasteiger partial charge in [-0.2, -0.15) is 4.31 Å². The van der Waals surface area contributed by atoms with Crippen LogP contribution in [0, 0.1) is 0 Å². The highest BCUT2D eigenvalue weighted by atomic mass is 79.9. The molecule has 4 rings (SSSR count). The van der Waals surface area contributed by atoms with E-state index in [0.29, 0.717) is 10.8 Å². The molecule has 1 aliphatic heterocycles. The van der Waals surface area contributed by atoms with E-state index in [0.717, 1.165) is 31.9 Å². The Morgan fingerprint density at radius 2 is 2.00 bits per heavy atom. The van der Waals surface area contributed by atoms with E-state index in [-0.39, 0.29) is 6.04 Å². The molecule has 4 nitrogen and oxygen atoms in total. The molecule has 0 aliphatic carbocycles. The van der Waals surface area contributed by atoms with E-state index in [1.807, 2.05) is 24.3 Å². The van der Waals surface area contributed by atoms with Crippen molar-refractivity contribution in [1.29, 1.82) is 0 Å². The van der Waals surface area contributed by atoms with Crippen molar-refractivity contribution in [2.45, 2.75) is 23.1 Å². The van der Waals surface area contributed by atoms with Crippen molar-refractivity contribution in [3.05, 3.63) is 45.2 Å². The average Bonchev–Trinajstić information content (AvgIpc) is 3.25. The standard InChI is InChI=1S/C15H13BrN2O2S3/c16-13-7-8-14(22-13)23(19,20)18-9-3-5-11(18)15-17-10-4-1-2-6-12(10)21-15/h1-2,4,6-8,11H,3,5,9H2. The SMILES string of the molecule is O=S(=O)(c1ccc(Br)s1)N1CCCC1c1nc2ccccc2s1. The molecule has 1 aliphatic rings. The fourth-order valence-electron chi connectivity index (χ4n) is 2.86. The van der Waals surface area contributed by atoms with Crippen LogP contribution < -0.4 is 0 Å². The van der Waals surface area contributed by atoms with Crippen molar-refractivity contribution >= 4 is 58.8 Å². The number of fused-ring (bicyclic) bond motifs is 1. The Morgan fingerprint density at radius 1 is 1.17 bits per heavy atom. The highest BCUT2D eigenvalue weighted by molar-refractivity contribution is 9.11. The van der Waals surface area contributed by atoms with Crippen molar-refractivity contribution in [3.63, 3.8) is 0 Å². The molecule has 0 bridgehead atoms. The number of hydrogen-bond donors (Lipinski definition) is 0. The molecule has 1 aromatic carbocycles. The van der Waals surface area contributed by atoms with Crippen LogP contribution in [0.4, 0.5) is 0 Å². The topological polar surface area (TPSA) is 50.3 Å². The van der Waals surface area contributed by atoms with Crippen LogP contribution in [0.25, 0.3) is 10.2 Å². The molecular weight excluding hydrogens is 416 g/mol. The van der Waals surface area contributed by atoms with Gasteiger partial charge in [-0.1, -0.05) is 12.1 Å². The van der Waals surface area contributed by atoms with E-state index >= 15 is 0 Å². The zero-order valence-electron chi connectivity index (χ0n) is 12.0. The number of hydrogen-bond acceptors (Lipinski definition) is 5. The number of rotatable bonds is 3. The lowest BCUT2D eigenvalue weighted by Gasteiger charge is -2.21. The number of benzene rings is 1. The molecule has 1 atom stereocenters. The van der Waals surface area contributed by atoms with E-state index < -0.39 is 10.0 Å². The Labute approximate surface area is 151 Å². The number of thiazole rings is 1. The first-order valence-electron chi connectivity index (χ1n) is 7.18. The second-order valence-electron chi connectivity index (χ2n) is 5.35. The Hall–Kier alpha value is -0.800. The molecule has 0 saturated carbocycles. The molecule has 120 valence electrons. The summed E-state index contributed by atoms with van der Waals surface area (Å²) >= 11 is 6.19. The first kappa shape index (κ1) is 15.7. The van der Waals surface area contributed by atoms with Crippen LogP contribution in [0.5, 0.6) is 0 Å². The zero-order valence-corrected chi connectivity index (χ0v) is 16.0. The molecule has 0 radical (unpaired) electrons. The molecule has 0 N–H and O–H groups in total. The lowest BCUT2D eigenvalue weighted by molar-refractivity contribution is 0.397. The smallest absolute Gasteiger partial charge is 0.239 e. The van der Waals surface area contributed by atoms with Gasteiger partial charge in [0, 0.05) is 6.54 Å². The predicted octanol–water partition coefficient (Wildman–Crippen LogP) is 4.65. The van der Waals surface area contributed by atoms with Crippen molar-refractivity contribution in [1.82, 2.24) is 9.29 Å². The molecule has 8 heteroatoms. The van der Waals surface area contributed by atoms with E-state index in [1.54, 1.807) is 27.8 Å². The lowest BCUT2D eigenvalue weighted by atomic mass is 10.2. The molecule has 3 heterocycles. The van der Waals surface area contributed by atoms with Gasteiger partial charge < -0.3 is 0 Å². The highest BCUT2D eigenvalue weighted by Gasteiger charge is 2.38. The van der Waals surface area contributed by atoms with Crippen molar-refractivity contribution in [2.24, 2.45) is 0 Å². The maximum atomic E-state index is 12.9. The van der Waals surface area contributed by atoms with Crippen LogP contribution in [0.3, 0.4) is 0 Å². The van der Waals surface area contributed by atoms with Crippen LogP contribution in [0.1, 0.15) is 23.9 Å². The van der Waals surface area contributed by atoms with Gasteiger partial charge in [0.05, 0.1) is 20.0 Å². The third-order valence-corrected chi connectivity index (χ3v) is 9.05. The highest BCUT2D eigenvalue weighted by Crippen LogP contribution is 2.41. The number of nitrogens with zero attached hydrogens (tertiary/aromatic N) is 2. The van der Waals surface area contributed by atoms with E-state index in [1.165, 1.54) is 11.3 Å². The minimum absolute atomic E-state index is 0.154. The minimum Gasteiger partial charge on any atom is -0.239 e. The van der Waals surface area contributed by atoms with Crippen LogP contribution in [0.15, 0.2) is 44.4 Å². The minimum atomic E-state index is -3.46. The summed E-state index contributed by atoms with van der Waals surface area (Å²) in [4.78, 5) is 4.66. The molecule has 3 aromatic rings. The van der Waals surface area contributed by atoms with E-state index in [9.17, 15) is 8.42 Å². The van der Waals surface area contributed by atoms with Crippen LogP contribution in [0.2, 0.25) is 0 Å². The van der Waals surface area contributed by atoms with Gasteiger partial charge in [0.2, 0.25) is 0 Å². The fourth-order valence-corrected chi connectivity index (χ4v) is 7.84. The Balaban J connectivity index is 1.74. The lowest BCUT2D eigenvalue weighted by Crippen LogP contribution is -2.30. The van der Waals surface area contributed by atoms with Gasteiger partial charge in [-0.15, -0.1) is 22.7 Å². The van der Waals surface area contributed by atoms with Gasteiger partial charge >= 0.3 is 0 Å². The van der Waals surface area contributed by atoms with Crippen LogP contribution in [-0.4, -0.2) is 24.3 Å². The summed E-state index contributed by atoms with van der Waals surface area (Å²) in [5, 5.41) is 0.892. The van der Waals surface area contributed by atoms with Crippen molar-refractivity contribution in [2.75, 3.05) is 6.54 Å². The molecule has 0 spiro atoms. The summed E-state index contributed by atoms with van der Waals surface area (Å²) in [6.45, 7) is 0.554. The second kappa shape index (κ2) is 5.93. The summed E-state index contributed by atoms with van der Waals surface area (Å²) in [6.07, 6.45) is 1.69. The van der Waals surface area contributed by atoms with Gasteiger partial charge in [0.1, 0.15) is 9.22 Å². The van der Waals surface area contributed by atoms with Gasteiger partial charge in [-0.3, -0.25) is 0 Å². The van der Waals surface area contributed by atoms with Gasteiger partial charge in [0.15, 0.2) is 0 Å². The fraction of sp³-hybridized carbons (Fsp3) is 0.267. The molecule has 23 heavy (non-hydrogen) atoms. The second-order valence-corrected chi connectivity index (χ2v) is 11.0. The normalized spacial score (nSPS) is 19.6. The number of halogens is 1. The number of para-hydroxylation sites is 1. The molecule has 2 aromatic heterocycles. The van der Waals surface area contributed by atoms with Gasteiger partial charge in [0.25, 0.3) is 10.0 Å². The van der Waals surface area contributed by atoms with E-state index in [4.69, 9.17) is 0 Å². The van der Waals surface area contributed by atoms with Gasteiger partial charge in [-0.05, 0) is 53.0 Å². The average molecular weight is 429 g/mol. The number of aromatic nitrogens is 1. The number of sulfonamides is 1. The summed E-state index contributed by atoms with van der Waals surface area (Å²) in [5.74, 6) is 0. The monoisotopic (exact) mass is 428 g/mol. The zero-order chi connectivity index (χ0) is 16.0. The van der Waals surface area contributed by atoms with Crippen molar-refractivity contribution < 1.29 is 8.42 Å². The maximum Gasteiger partial charge on any atom is 0.253 e. The van der Waals surface area contributed by atoms with Gasteiger partial charge in [-0.25, -0.2) is 13.4 Å². The van der Waals surface area contributed by atoms with Crippen LogP contribution >= 0.6 is 38.6 Å². The van der Waals surface area contributed by atoms with Crippen molar-refractivity contribution in [3.8, 4) is 0 Å². The van der Waals surface area contributed by atoms with Crippen LogP contribution in [-0.2, 0) is 10.0 Å². The molecular formula is C15H13BrN2O2S3. The Kier molecular flexibility index (Phi) is 4.05. The Bertz CT molecular complexity index is 931. The quantitative estimate of drug-likeness (QED) is 0.609. The third kappa shape index (κ3) is 2.76.